The van der Waals surface area contributed by atoms with Gasteiger partial charge in [0, 0.05) is 33.3 Å². The Labute approximate surface area is 185 Å². The van der Waals surface area contributed by atoms with E-state index in [1.165, 1.54) is 6.21 Å². The first kappa shape index (κ1) is 22.1. The van der Waals surface area contributed by atoms with Gasteiger partial charge in [0.2, 0.25) is 0 Å². The van der Waals surface area contributed by atoms with Crippen LogP contribution in [0.5, 0.6) is 5.75 Å². The molecule has 0 bridgehead atoms. The number of carbonyl (C=O) groups excluding carboxylic acids is 2. The lowest BCUT2D eigenvalue weighted by molar-refractivity contribution is -0.136. The summed E-state index contributed by atoms with van der Waals surface area (Å²) >= 11 is 5.97. The van der Waals surface area contributed by atoms with Gasteiger partial charge in [0.05, 0.1) is 12.8 Å². The molecule has 0 aliphatic rings. The number of carbonyl (C=O) groups is 2. The number of aromatic nitrogens is 1. The van der Waals surface area contributed by atoms with Crippen LogP contribution in [0.2, 0.25) is 5.02 Å². The van der Waals surface area contributed by atoms with E-state index in [4.69, 9.17) is 16.3 Å². The molecule has 0 saturated carbocycles. The molecule has 160 valence electrons. The summed E-state index contributed by atoms with van der Waals surface area (Å²) in [5, 5.41) is 7.11. The van der Waals surface area contributed by atoms with Gasteiger partial charge in [-0.05, 0) is 75.4 Å². The second-order valence-electron chi connectivity index (χ2n) is 6.75. The largest absolute Gasteiger partial charge is 0.494 e. The minimum atomic E-state index is -0.864. The van der Waals surface area contributed by atoms with E-state index < -0.39 is 11.8 Å². The third-order valence-corrected chi connectivity index (χ3v) is 4.81. The fourth-order valence-corrected chi connectivity index (χ4v) is 3.23. The molecule has 3 rings (SSSR count). The topological polar surface area (TPSA) is 84.7 Å². The first-order valence-electron chi connectivity index (χ1n) is 9.71. The van der Waals surface area contributed by atoms with Gasteiger partial charge < -0.3 is 14.6 Å². The lowest BCUT2D eigenvalue weighted by Gasteiger charge is -2.09. The molecule has 1 aromatic heterocycles. The molecule has 31 heavy (non-hydrogen) atoms. The highest BCUT2D eigenvalue weighted by molar-refractivity contribution is 6.39. The van der Waals surface area contributed by atoms with Crippen LogP contribution in [-0.4, -0.2) is 29.2 Å². The molecule has 2 aromatic carbocycles. The quantitative estimate of drug-likeness (QED) is 0.343. The Bertz CT molecular complexity index is 1100. The third kappa shape index (κ3) is 5.52. The SMILES string of the molecule is CCOc1ccc(NC(=O)C(=O)N/N=C\c2cc(C)n(-c3ccc(Cl)cc3)c2C)cc1. The summed E-state index contributed by atoms with van der Waals surface area (Å²) in [6.07, 6.45) is 1.51. The summed E-state index contributed by atoms with van der Waals surface area (Å²) in [5.41, 5.74) is 6.47. The summed E-state index contributed by atoms with van der Waals surface area (Å²) in [7, 11) is 0. The maximum absolute atomic E-state index is 12.1. The Hall–Kier alpha value is -3.58. The summed E-state index contributed by atoms with van der Waals surface area (Å²) < 4.78 is 7.40. The van der Waals surface area contributed by atoms with E-state index >= 15 is 0 Å². The van der Waals surface area contributed by atoms with Crippen molar-refractivity contribution in [2.24, 2.45) is 5.10 Å². The highest BCUT2D eigenvalue weighted by Crippen LogP contribution is 2.21. The Morgan fingerprint density at radius 3 is 2.39 bits per heavy atom. The third-order valence-electron chi connectivity index (χ3n) is 4.55. The van der Waals surface area contributed by atoms with Crippen LogP contribution in [0.3, 0.4) is 0 Å². The molecular weight excluding hydrogens is 416 g/mol. The molecule has 0 fully saturated rings. The van der Waals surface area contributed by atoms with E-state index in [0.717, 1.165) is 22.6 Å². The minimum Gasteiger partial charge on any atom is -0.494 e. The molecular formula is C23H23ClN4O3. The van der Waals surface area contributed by atoms with E-state index in [2.05, 4.69) is 20.4 Å². The number of halogens is 1. The lowest BCUT2D eigenvalue weighted by atomic mass is 10.2. The zero-order valence-electron chi connectivity index (χ0n) is 17.5. The van der Waals surface area contributed by atoms with Gasteiger partial charge in [-0.1, -0.05) is 11.6 Å². The summed E-state index contributed by atoms with van der Waals surface area (Å²) in [4.78, 5) is 24.1. The van der Waals surface area contributed by atoms with Gasteiger partial charge in [0.25, 0.3) is 0 Å². The zero-order chi connectivity index (χ0) is 22.4. The van der Waals surface area contributed by atoms with Crippen molar-refractivity contribution in [3.8, 4) is 11.4 Å². The number of benzene rings is 2. The van der Waals surface area contributed by atoms with Crippen molar-refractivity contribution in [2.75, 3.05) is 11.9 Å². The van der Waals surface area contributed by atoms with E-state index in [0.29, 0.717) is 23.1 Å². The fraction of sp³-hybridized carbons (Fsp3) is 0.174. The van der Waals surface area contributed by atoms with Crippen molar-refractivity contribution in [2.45, 2.75) is 20.8 Å². The molecule has 2 amide bonds. The molecule has 0 atom stereocenters. The molecule has 7 nitrogen and oxygen atoms in total. The first-order chi connectivity index (χ1) is 14.9. The Balaban J connectivity index is 1.62. The van der Waals surface area contributed by atoms with Crippen LogP contribution in [0.1, 0.15) is 23.9 Å². The monoisotopic (exact) mass is 438 g/mol. The number of hydrogen-bond acceptors (Lipinski definition) is 4. The highest BCUT2D eigenvalue weighted by Gasteiger charge is 2.13. The standard InChI is InChI=1S/C23H23ClN4O3/c1-4-31-21-11-7-19(8-12-21)26-22(29)23(30)27-25-14-17-13-15(2)28(16(17)3)20-9-5-18(24)6-10-20/h5-14H,4H2,1-3H3,(H,26,29)(H,27,30)/b25-14-. The second kappa shape index (κ2) is 9.95. The van der Waals surface area contributed by atoms with Gasteiger partial charge in [0.1, 0.15) is 5.75 Å². The van der Waals surface area contributed by atoms with Crippen molar-refractivity contribution in [1.82, 2.24) is 9.99 Å². The van der Waals surface area contributed by atoms with Crippen LogP contribution in [0.25, 0.3) is 5.69 Å². The average Bonchev–Trinajstić information content (AvgIpc) is 3.03. The van der Waals surface area contributed by atoms with Crippen LogP contribution in [0, 0.1) is 13.8 Å². The van der Waals surface area contributed by atoms with Crippen LogP contribution in [-0.2, 0) is 9.59 Å². The number of ether oxygens (including phenoxy) is 1. The van der Waals surface area contributed by atoms with Crippen molar-refractivity contribution in [3.05, 3.63) is 76.6 Å². The van der Waals surface area contributed by atoms with Crippen molar-refractivity contribution in [1.29, 1.82) is 0 Å². The number of rotatable bonds is 6. The van der Waals surface area contributed by atoms with Gasteiger partial charge in [-0.25, -0.2) is 5.43 Å². The Kier molecular flexibility index (Phi) is 7.10. The Morgan fingerprint density at radius 1 is 1.06 bits per heavy atom. The molecule has 0 unspecified atom stereocenters. The maximum Gasteiger partial charge on any atom is 0.329 e. The van der Waals surface area contributed by atoms with Crippen molar-refractivity contribution < 1.29 is 14.3 Å². The second-order valence-corrected chi connectivity index (χ2v) is 7.19. The first-order valence-corrected chi connectivity index (χ1v) is 10.1. The normalized spacial score (nSPS) is 10.8. The molecule has 0 aliphatic heterocycles. The fourth-order valence-electron chi connectivity index (χ4n) is 3.11. The molecule has 0 spiro atoms. The summed E-state index contributed by atoms with van der Waals surface area (Å²) in [5.74, 6) is -0.990. The molecule has 0 radical (unpaired) electrons. The number of nitrogens with zero attached hydrogens (tertiary/aromatic N) is 2. The number of anilines is 1. The van der Waals surface area contributed by atoms with Crippen molar-refractivity contribution in [3.63, 3.8) is 0 Å². The van der Waals surface area contributed by atoms with Crippen molar-refractivity contribution >= 4 is 35.3 Å². The predicted octanol–water partition coefficient (Wildman–Crippen LogP) is 4.24. The predicted molar refractivity (Wildman–Crippen MR) is 122 cm³/mol. The van der Waals surface area contributed by atoms with Gasteiger partial charge in [-0.3, -0.25) is 9.59 Å². The smallest absolute Gasteiger partial charge is 0.329 e. The molecule has 2 N–H and O–H groups in total. The number of nitrogens with one attached hydrogen (secondary N) is 2. The highest BCUT2D eigenvalue weighted by atomic mass is 35.5. The lowest BCUT2D eigenvalue weighted by Crippen LogP contribution is -2.32. The number of amides is 2. The Morgan fingerprint density at radius 2 is 1.74 bits per heavy atom. The molecule has 3 aromatic rings. The number of hydrogen-bond donors (Lipinski definition) is 2. The van der Waals surface area contributed by atoms with Crippen LogP contribution in [0.15, 0.2) is 59.7 Å². The maximum atomic E-state index is 12.1. The van der Waals surface area contributed by atoms with E-state index in [9.17, 15) is 9.59 Å². The van der Waals surface area contributed by atoms with E-state index in [1.54, 1.807) is 24.3 Å². The number of aryl methyl sites for hydroxylation is 1. The van der Waals surface area contributed by atoms with Gasteiger partial charge in [-0.15, -0.1) is 0 Å². The molecule has 1 heterocycles. The van der Waals surface area contributed by atoms with Crippen LogP contribution >= 0.6 is 11.6 Å². The molecule has 8 heteroatoms. The molecule has 0 saturated heterocycles. The minimum absolute atomic E-state index is 0.485. The van der Waals surface area contributed by atoms with Gasteiger partial charge in [0.15, 0.2) is 0 Å². The zero-order valence-corrected chi connectivity index (χ0v) is 18.2. The summed E-state index contributed by atoms with van der Waals surface area (Å²) in [6.45, 7) is 6.36. The number of hydrazone groups is 1. The van der Waals surface area contributed by atoms with E-state index in [-0.39, 0.29) is 0 Å². The summed E-state index contributed by atoms with van der Waals surface area (Å²) in [6, 6.07) is 16.2. The molecule has 0 aliphatic carbocycles. The van der Waals surface area contributed by atoms with Crippen LogP contribution in [0.4, 0.5) is 5.69 Å². The average molecular weight is 439 g/mol. The van der Waals surface area contributed by atoms with Gasteiger partial charge >= 0.3 is 11.8 Å². The van der Waals surface area contributed by atoms with Crippen LogP contribution < -0.4 is 15.5 Å². The van der Waals surface area contributed by atoms with E-state index in [1.807, 2.05) is 51.1 Å². The van der Waals surface area contributed by atoms with Gasteiger partial charge in [-0.2, -0.15) is 5.10 Å².